The van der Waals surface area contributed by atoms with Gasteiger partial charge in [-0.3, -0.25) is 13.9 Å². The number of nitrogens with one attached hydrogen (secondary N) is 1. The Kier molecular flexibility index (Phi) is 9.98. The summed E-state index contributed by atoms with van der Waals surface area (Å²) in [5.41, 5.74) is 1.35. The van der Waals surface area contributed by atoms with Crippen LogP contribution in [0.1, 0.15) is 45.2 Å². The molecule has 0 bridgehead atoms. The van der Waals surface area contributed by atoms with E-state index in [0.717, 1.165) is 15.4 Å². The van der Waals surface area contributed by atoms with E-state index in [-0.39, 0.29) is 23.0 Å². The lowest BCUT2D eigenvalue weighted by Gasteiger charge is -2.35. The molecule has 0 fully saturated rings. The quantitative estimate of drug-likeness (QED) is 0.356. The Morgan fingerprint density at radius 3 is 2.10 bits per heavy atom. The molecular weight excluding hydrogens is 526 g/mol. The standard InChI is InChI=1S/C31H39N3O5S/c1-7-26(30(36)32-31(3,4)5)33(21-24-14-10-8-11-15-24)29(35)22-34(27-20-23(2)18-19-28(27)39-6)40(37,38)25-16-12-9-13-17-25/h8-20,26H,7,21-22H2,1-6H3,(H,32,36). The maximum absolute atomic E-state index is 14.2. The zero-order chi connectivity index (χ0) is 29.5. The molecule has 9 heteroatoms. The van der Waals surface area contributed by atoms with Gasteiger partial charge in [-0.1, -0.05) is 61.5 Å². The third kappa shape index (κ3) is 7.63. The number of hydrogen-bond acceptors (Lipinski definition) is 5. The molecule has 3 aromatic rings. The van der Waals surface area contributed by atoms with Gasteiger partial charge in [0.1, 0.15) is 18.3 Å². The first kappa shape index (κ1) is 30.7. The van der Waals surface area contributed by atoms with E-state index in [2.05, 4.69) is 5.32 Å². The van der Waals surface area contributed by atoms with Crippen molar-refractivity contribution in [1.29, 1.82) is 0 Å². The lowest BCUT2D eigenvalue weighted by molar-refractivity contribution is -0.141. The predicted molar refractivity (Wildman–Crippen MR) is 158 cm³/mol. The average molecular weight is 566 g/mol. The van der Waals surface area contributed by atoms with Gasteiger partial charge in [0.15, 0.2) is 0 Å². The Bertz CT molecular complexity index is 1400. The third-order valence-electron chi connectivity index (χ3n) is 6.29. The lowest BCUT2D eigenvalue weighted by Crippen LogP contribution is -2.55. The van der Waals surface area contributed by atoms with Crippen molar-refractivity contribution in [3.63, 3.8) is 0 Å². The molecule has 0 heterocycles. The van der Waals surface area contributed by atoms with Crippen molar-refractivity contribution in [2.24, 2.45) is 0 Å². The Balaban J connectivity index is 2.12. The fourth-order valence-corrected chi connectivity index (χ4v) is 5.82. The fourth-order valence-electron chi connectivity index (χ4n) is 4.38. The van der Waals surface area contributed by atoms with Gasteiger partial charge in [0.2, 0.25) is 11.8 Å². The van der Waals surface area contributed by atoms with Crippen molar-refractivity contribution < 1.29 is 22.7 Å². The highest BCUT2D eigenvalue weighted by Crippen LogP contribution is 2.33. The Morgan fingerprint density at radius 1 is 0.950 bits per heavy atom. The van der Waals surface area contributed by atoms with Gasteiger partial charge in [-0.15, -0.1) is 0 Å². The van der Waals surface area contributed by atoms with Gasteiger partial charge in [0, 0.05) is 12.1 Å². The molecule has 3 rings (SSSR count). The van der Waals surface area contributed by atoms with Crippen LogP contribution in [0.4, 0.5) is 5.69 Å². The number of benzene rings is 3. The summed E-state index contributed by atoms with van der Waals surface area (Å²) in [7, 11) is -2.73. The van der Waals surface area contributed by atoms with Crippen molar-refractivity contribution in [3.8, 4) is 5.75 Å². The molecule has 40 heavy (non-hydrogen) atoms. The number of aryl methyl sites for hydroxylation is 1. The second-order valence-electron chi connectivity index (χ2n) is 10.7. The summed E-state index contributed by atoms with van der Waals surface area (Å²) >= 11 is 0. The first-order chi connectivity index (χ1) is 18.9. The van der Waals surface area contributed by atoms with E-state index in [9.17, 15) is 18.0 Å². The largest absolute Gasteiger partial charge is 0.495 e. The average Bonchev–Trinajstić information content (AvgIpc) is 2.91. The first-order valence-electron chi connectivity index (χ1n) is 13.2. The van der Waals surface area contributed by atoms with Gasteiger partial charge in [0.05, 0.1) is 17.7 Å². The van der Waals surface area contributed by atoms with E-state index in [1.54, 1.807) is 30.3 Å². The Hall–Kier alpha value is -3.85. The number of sulfonamides is 1. The number of ether oxygens (including phenoxy) is 1. The van der Waals surface area contributed by atoms with Gasteiger partial charge in [0.25, 0.3) is 10.0 Å². The number of rotatable bonds is 11. The number of carbonyl (C=O) groups excluding carboxylic acids is 2. The fraction of sp³-hybridized carbons (Fsp3) is 0.355. The minimum atomic E-state index is -4.18. The molecule has 1 atom stereocenters. The summed E-state index contributed by atoms with van der Waals surface area (Å²) in [5, 5.41) is 2.97. The van der Waals surface area contributed by atoms with E-state index in [4.69, 9.17) is 4.74 Å². The van der Waals surface area contributed by atoms with Gasteiger partial charge in [-0.05, 0) is 69.5 Å². The van der Waals surface area contributed by atoms with Crippen LogP contribution >= 0.6 is 0 Å². The van der Waals surface area contributed by atoms with Crippen LogP contribution in [-0.4, -0.2) is 50.4 Å². The lowest BCUT2D eigenvalue weighted by atomic mass is 10.1. The number of methoxy groups -OCH3 is 1. The maximum atomic E-state index is 14.2. The highest BCUT2D eigenvalue weighted by atomic mass is 32.2. The Morgan fingerprint density at radius 2 is 1.55 bits per heavy atom. The summed E-state index contributed by atoms with van der Waals surface area (Å²) in [6, 6.07) is 21.6. The smallest absolute Gasteiger partial charge is 0.264 e. The van der Waals surface area contributed by atoms with Gasteiger partial charge in [-0.2, -0.15) is 0 Å². The number of carbonyl (C=O) groups is 2. The molecule has 0 aliphatic carbocycles. The van der Waals surface area contributed by atoms with Crippen LogP contribution in [0.3, 0.4) is 0 Å². The maximum Gasteiger partial charge on any atom is 0.264 e. The monoisotopic (exact) mass is 565 g/mol. The number of nitrogens with zero attached hydrogens (tertiary/aromatic N) is 2. The highest BCUT2D eigenvalue weighted by Gasteiger charge is 2.35. The summed E-state index contributed by atoms with van der Waals surface area (Å²) in [5.74, 6) is -0.502. The van der Waals surface area contributed by atoms with E-state index >= 15 is 0 Å². The molecule has 1 unspecified atom stereocenters. The molecule has 3 aromatic carbocycles. The molecule has 0 saturated carbocycles. The second-order valence-corrected chi connectivity index (χ2v) is 12.5. The molecule has 0 spiro atoms. The van der Waals surface area contributed by atoms with Gasteiger partial charge < -0.3 is 15.0 Å². The zero-order valence-electron chi connectivity index (χ0n) is 24.0. The Labute approximate surface area is 238 Å². The van der Waals surface area contributed by atoms with E-state index in [1.807, 2.05) is 71.0 Å². The van der Waals surface area contributed by atoms with Crippen LogP contribution in [0, 0.1) is 6.92 Å². The molecule has 0 aromatic heterocycles. The topological polar surface area (TPSA) is 96.0 Å². The molecule has 0 aliphatic rings. The number of hydrogen-bond donors (Lipinski definition) is 1. The minimum absolute atomic E-state index is 0.0403. The highest BCUT2D eigenvalue weighted by molar-refractivity contribution is 7.92. The number of anilines is 1. The predicted octanol–water partition coefficient (Wildman–Crippen LogP) is 4.92. The van der Waals surface area contributed by atoms with Crippen molar-refractivity contribution in [2.45, 2.75) is 64.1 Å². The third-order valence-corrected chi connectivity index (χ3v) is 8.07. The van der Waals surface area contributed by atoms with E-state index < -0.39 is 34.1 Å². The van der Waals surface area contributed by atoms with Crippen LogP contribution in [0.2, 0.25) is 0 Å². The first-order valence-corrected chi connectivity index (χ1v) is 14.7. The van der Waals surface area contributed by atoms with Crippen LogP contribution in [0.5, 0.6) is 5.75 Å². The molecule has 0 radical (unpaired) electrons. The summed E-state index contributed by atoms with van der Waals surface area (Å²) in [6.45, 7) is 8.91. The number of amides is 2. The molecule has 214 valence electrons. The van der Waals surface area contributed by atoms with Crippen LogP contribution in [0.15, 0.2) is 83.8 Å². The summed E-state index contributed by atoms with van der Waals surface area (Å²) < 4.78 is 34.6. The normalized spacial score (nSPS) is 12.3. The molecule has 2 amide bonds. The molecule has 8 nitrogen and oxygen atoms in total. The molecule has 0 aliphatic heterocycles. The van der Waals surface area contributed by atoms with Crippen molar-refractivity contribution >= 4 is 27.5 Å². The van der Waals surface area contributed by atoms with Crippen LogP contribution in [-0.2, 0) is 26.2 Å². The molecule has 0 saturated heterocycles. The summed E-state index contributed by atoms with van der Waals surface area (Å²) in [4.78, 5) is 29.1. The van der Waals surface area contributed by atoms with Gasteiger partial charge >= 0.3 is 0 Å². The molecular formula is C31H39N3O5S. The van der Waals surface area contributed by atoms with Crippen LogP contribution in [0.25, 0.3) is 0 Å². The zero-order valence-corrected chi connectivity index (χ0v) is 24.9. The minimum Gasteiger partial charge on any atom is -0.495 e. The second kappa shape index (κ2) is 13.0. The summed E-state index contributed by atoms with van der Waals surface area (Å²) in [6.07, 6.45) is 0.347. The van der Waals surface area contributed by atoms with Crippen molar-refractivity contribution in [2.75, 3.05) is 18.0 Å². The van der Waals surface area contributed by atoms with Gasteiger partial charge in [-0.25, -0.2) is 8.42 Å². The van der Waals surface area contributed by atoms with E-state index in [1.165, 1.54) is 24.1 Å². The van der Waals surface area contributed by atoms with Crippen molar-refractivity contribution in [3.05, 3.63) is 90.0 Å². The molecule has 1 N–H and O–H groups in total. The van der Waals surface area contributed by atoms with Crippen LogP contribution < -0.4 is 14.4 Å². The van der Waals surface area contributed by atoms with Crippen molar-refractivity contribution in [1.82, 2.24) is 10.2 Å². The van der Waals surface area contributed by atoms with E-state index in [0.29, 0.717) is 12.2 Å². The SMILES string of the molecule is CCC(C(=O)NC(C)(C)C)N(Cc1ccccc1)C(=O)CN(c1cc(C)ccc1OC)S(=O)(=O)c1ccccc1.